The Balaban J connectivity index is 1.37. The highest BCUT2D eigenvalue weighted by Crippen LogP contribution is 2.30. The lowest BCUT2D eigenvalue weighted by Gasteiger charge is -2.35. The maximum Gasteiger partial charge on any atom is 0.253 e. The molecule has 4 aromatic rings. The first-order valence-corrected chi connectivity index (χ1v) is 9.90. The summed E-state index contributed by atoms with van der Waals surface area (Å²) in [4.78, 5) is 20.6. The molecule has 5 nitrogen and oxygen atoms in total. The number of fused-ring (bicyclic) bond motifs is 1. The van der Waals surface area contributed by atoms with E-state index >= 15 is 0 Å². The summed E-state index contributed by atoms with van der Waals surface area (Å²) in [5.41, 5.74) is 2.70. The van der Waals surface area contributed by atoms with Crippen LogP contribution in [0.5, 0.6) is 0 Å². The van der Waals surface area contributed by atoms with Gasteiger partial charge in [0.2, 0.25) is 0 Å². The number of piperazine rings is 1. The van der Waals surface area contributed by atoms with Gasteiger partial charge in [-0.3, -0.25) is 4.79 Å². The highest BCUT2D eigenvalue weighted by molar-refractivity contribution is 7.14. The van der Waals surface area contributed by atoms with Gasteiger partial charge in [-0.2, -0.15) is 0 Å². The van der Waals surface area contributed by atoms with Crippen molar-refractivity contribution in [1.82, 2.24) is 9.88 Å². The van der Waals surface area contributed by atoms with E-state index in [1.807, 2.05) is 41.4 Å². The Labute approximate surface area is 160 Å². The SMILES string of the molecule is O=C(c1ccc2[nH]cc(-c3ccco3)c2c1)N1CCN(c2cccs2)CC1. The van der Waals surface area contributed by atoms with Crippen molar-refractivity contribution < 1.29 is 9.21 Å². The van der Waals surface area contributed by atoms with Crippen molar-refractivity contribution in [3.05, 3.63) is 65.9 Å². The molecule has 0 atom stereocenters. The monoisotopic (exact) mass is 377 g/mol. The Hall–Kier alpha value is -2.99. The summed E-state index contributed by atoms with van der Waals surface area (Å²) in [6.45, 7) is 3.23. The van der Waals surface area contributed by atoms with Crippen LogP contribution in [-0.2, 0) is 0 Å². The molecule has 0 unspecified atom stereocenters. The number of H-pyrrole nitrogens is 1. The molecule has 0 bridgehead atoms. The molecular weight excluding hydrogens is 358 g/mol. The van der Waals surface area contributed by atoms with Crippen molar-refractivity contribution in [2.75, 3.05) is 31.1 Å². The van der Waals surface area contributed by atoms with Gasteiger partial charge in [0.15, 0.2) is 0 Å². The largest absolute Gasteiger partial charge is 0.464 e. The summed E-state index contributed by atoms with van der Waals surface area (Å²) >= 11 is 1.75. The Bertz CT molecular complexity index is 1060. The lowest BCUT2D eigenvalue weighted by atomic mass is 10.1. The molecule has 0 saturated carbocycles. The van der Waals surface area contributed by atoms with Gasteiger partial charge in [-0.25, -0.2) is 0 Å². The summed E-state index contributed by atoms with van der Waals surface area (Å²) in [5, 5.41) is 4.38. The summed E-state index contributed by atoms with van der Waals surface area (Å²) in [5.74, 6) is 0.893. The van der Waals surface area contributed by atoms with E-state index in [4.69, 9.17) is 4.42 Å². The zero-order valence-corrected chi connectivity index (χ0v) is 15.5. The van der Waals surface area contributed by atoms with Crippen LogP contribution in [0, 0.1) is 0 Å². The number of thiophene rings is 1. The summed E-state index contributed by atoms with van der Waals surface area (Å²) < 4.78 is 5.53. The van der Waals surface area contributed by atoms with E-state index in [0.29, 0.717) is 0 Å². The highest BCUT2D eigenvalue weighted by Gasteiger charge is 2.23. The van der Waals surface area contributed by atoms with E-state index < -0.39 is 0 Å². The van der Waals surface area contributed by atoms with E-state index in [0.717, 1.165) is 54.0 Å². The lowest BCUT2D eigenvalue weighted by molar-refractivity contribution is 0.0747. The van der Waals surface area contributed by atoms with Crippen LogP contribution in [0.3, 0.4) is 0 Å². The Morgan fingerprint density at radius 2 is 1.96 bits per heavy atom. The Morgan fingerprint density at radius 1 is 1.07 bits per heavy atom. The molecule has 1 aliphatic heterocycles. The van der Waals surface area contributed by atoms with Gasteiger partial charge >= 0.3 is 0 Å². The van der Waals surface area contributed by atoms with Crippen molar-refractivity contribution in [3.63, 3.8) is 0 Å². The molecule has 0 aliphatic carbocycles. The summed E-state index contributed by atoms with van der Waals surface area (Å²) in [6.07, 6.45) is 3.59. The number of furan rings is 1. The minimum Gasteiger partial charge on any atom is -0.464 e. The van der Waals surface area contributed by atoms with Crippen LogP contribution in [-0.4, -0.2) is 42.0 Å². The normalized spacial score (nSPS) is 14.8. The van der Waals surface area contributed by atoms with Crippen LogP contribution < -0.4 is 4.90 Å². The van der Waals surface area contributed by atoms with Crippen molar-refractivity contribution in [3.8, 4) is 11.3 Å². The molecule has 5 rings (SSSR count). The standard InChI is InChI=1S/C21H19N3O2S/c25-21(24-9-7-23(8-10-24)20-4-2-12-27-20)15-5-6-18-16(13-15)17(14-22-18)19-3-1-11-26-19/h1-6,11-14,22H,7-10H2. The minimum atomic E-state index is 0.0920. The Kier molecular flexibility index (Phi) is 3.98. The molecule has 1 N–H and O–H groups in total. The molecule has 6 heteroatoms. The van der Waals surface area contributed by atoms with Gasteiger partial charge in [0.25, 0.3) is 5.91 Å². The van der Waals surface area contributed by atoms with Gasteiger partial charge in [0.1, 0.15) is 5.76 Å². The summed E-state index contributed by atoms with van der Waals surface area (Å²) in [6, 6.07) is 13.9. The molecule has 4 heterocycles. The van der Waals surface area contributed by atoms with E-state index in [2.05, 4.69) is 27.4 Å². The van der Waals surface area contributed by atoms with Gasteiger partial charge in [0.05, 0.1) is 11.3 Å². The fourth-order valence-electron chi connectivity index (χ4n) is 3.65. The van der Waals surface area contributed by atoms with Crippen LogP contribution in [0.15, 0.2) is 64.7 Å². The van der Waals surface area contributed by atoms with Gasteiger partial charge in [-0.15, -0.1) is 11.3 Å². The molecule has 1 saturated heterocycles. The second-order valence-corrected chi connectivity index (χ2v) is 7.60. The number of aromatic amines is 1. The number of hydrogen-bond donors (Lipinski definition) is 1. The number of aromatic nitrogens is 1. The zero-order valence-electron chi connectivity index (χ0n) is 14.7. The maximum absolute atomic E-state index is 13.0. The van der Waals surface area contributed by atoms with Crippen molar-refractivity contribution in [2.24, 2.45) is 0 Å². The number of rotatable bonds is 3. The number of nitrogens with zero attached hydrogens (tertiary/aromatic N) is 2. The molecule has 136 valence electrons. The fraction of sp³-hybridized carbons (Fsp3) is 0.190. The maximum atomic E-state index is 13.0. The third-order valence-corrected chi connectivity index (χ3v) is 6.03. The van der Waals surface area contributed by atoms with Crippen molar-refractivity contribution >= 4 is 33.1 Å². The van der Waals surface area contributed by atoms with E-state index in [9.17, 15) is 4.79 Å². The third kappa shape index (κ3) is 2.92. The quantitative estimate of drug-likeness (QED) is 0.574. The average Bonchev–Trinajstić information content (AvgIpc) is 3.48. The molecule has 1 aliphatic rings. The second-order valence-electron chi connectivity index (χ2n) is 6.67. The fourth-order valence-corrected chi connectivity index (χ4v) is 4.44. The molecular formula is C21H19N3O2S. The Morgan fingerprint density at radius 3 is 2.70 bits per heavy atom. The molecule has 0 spiro atoms. The van der Waals surface area contributed by atoms with E-state index in [1.54, 1.807) is 17.6 Å². The van der Waals surface area contributed by atoms with Gasteiger partial charge < -0.3 is 19.2 Å². The highest BCUT2D eigenvalue weighted by atomic mass is 32.1. The molecule has 3 aromatic heterocycles. The second kappa shape index (κ2) is 6.63. The number of nitrogens with one attached hydrogen (secondary N) is 1. The first-order valence-electron chi connectivity index (χ1n) is 9.02. The topological polar surface area (TPSA) is 52.5 Å². The van der Waals surface area contributed by atoms with Crippen LogP contribution in [0.4, 0.5) is 5.00 Å². The van der Waals surface area contributed by atoms with Crippen molar-refractivity contribution in [2.45, 2.75) is 0 Å². The smallest absolute Gasteiger partial charge is 0.253 e. The predicted molar refractivity (Wildman–Crippen MR) is 108 cm³/mol. The average molecular weight is 377 g/mol. The molecule has 1 aromatic carbocycles. The molecule has 1 fully saturated rings. The van der Waals surface area contributed by atoms with Gasteiger partial charge in [0, 0.05) is 54.4 Å². The number of amides is 1. The number of anilines is 1. The molecule has 0 radical (unpaired) electrons. The number of carbonyl (C=O) groups excluding carboxylic acids is 1. The zero-order chi connectivity index (χ0) is 18.2. The third-order valence-electron chi connectivity index (χ3n) is 5.10. The van der Waals surface area contributed by atoms with E-state index in [1.165, 1.54) is 5.00 Å². The van der Waals surface area contributed by atoms with Crippen LogP contribution in [0.2, 0.25) is 0 Å². The summed E-state index contributed by atoms with van der Waals surface area (Å²) in [7, 11) is 0. The minimum absolute atomic E-state index is 0.0920. The number of carbonyl (C=O) groups is 1. The van der Waals surface area contributed by atoms with E-state index in [-0.39, 0.29) is 5.91 Å². The van der Waals surface area contributed by atoms with Crippen molar-refractivity contribution in [1.29, 1.82) is 0 Å². The van der Waals surface area contributed by atoms with Gasteiger partial charge in [-0.05, 0) is 47.8 Å². The van der Waals surface area contributed by atoms with Crippen LogP contribution in [0.1, 0.15) is 10.4 Å². The molecule has 1 amide bonds. The van der Waals surface area contributed by atoms with Crippen LogP contribution >= 0.6 is 11.3 Å². The van der Waals surface area contributed by atoms with Gasteiger partial charge in [-0.1, -0.05) is 0 Å². The predicted octanol–water partition coefficient (Wildman–Crippen LogP) is 4.45. The molecule has 27 heavy (non-hydrogen) atoms. The lowest BCUT2D eigenvalue weighted by Crippen LogP contribution is -2.48. The first-order chi connectivity index (χ1) is 13.3. The van der Waals surface area contributed by atoms with Crippen LogP contribution in [0.25, 0.3) is 22.2 Å². The first kappa shape index (κ1) is 16.2. The number of hydrogen-bond acceptors (Lipinski definition) is 4. The number of benzene rings is 1.